The number of carbonyl (C=O) groups excluding carboxylic acids is 1. The van der Waals surface area contributed by atoms with E-state index >= 15 is 0 Å². The zero-order chi connectivity index (χ0) is 15.1. The van der Waals surface area contributed by atoms with Crippen LogP contribution in [0.3, 0.4) is 0 Å². The molecule has 2 saturated heterocycles. The summed E-state index contributed by atoms with van der Waals surface area (Å²) >= 11 is 1.67. The van der Waals surface area contributed by atoms with Gasteiger partial charge in [-0.3, -0.25) is 9.58 Å². The van der Waals surface area contributed by atoms with Gasteiger partial charge in [-0.2, -0.15) is 5.10 Å². The van der Waals surface area contributed by atoms with Crippen LogP contribution in [0, 0.1) is 0 Å². The smallest absolute Gasteiger partial charge is 0.324 e. The van der Waals surface area contributed by atoms with E-state index in [1.54, 1.807) is 27.3 Å². The Morgan fingerprint density at radius 2 is 2.23 bits per heavy atom. The molecule has 4 heterocycles. The van der Waals surface area contributed by atoms with Gasteiger partial charge in [0.25, 0.3) is 0 Å². The van der Waals surface area contributed by atoms with Crippen LogP contribution in [0.1, 0.15) is 12.5 Å². The third kappa shape index (κ3) is 2.23. The molecule has 0 bridgehead atoms. The molecular weight excluding hydrogens is 300 g/mol. The Morgan fingerprint density at radius 3 is 2.95 bits per heavy atom. The second-order valence-electron chi connectivity index (χ2n) is 5.74. The quantitative estimate of drug-likeness (QED) is 0.864. The second-order valence-corrected chi connectivity index (χ2v) is 6.61. The molecular formula is C14H18N6OS. The third-order valence-corrected chi connectivity index (χ3v) is 5.18. The third-order valence-electron chi connectivity index (χ3n) is 4.34. The molecule has 116 valence electrons. The Hall–Kier alpha value is -2.09. The summed E-state index contributed by atoms with van der Waals surface area (Å²) in [5, 5.41) is 7.56. The summed E-state index contributed by atoms with van der Waals surface area (Å²) in [5.41, 5.74) is 0.891. The largest absolute Gasteiger partial charge is 0.346 e. The monoisotopic (exact) mass is 318 g/mol. The Labute approximate surface area is 132 Å². The molecule has 2 aromatic rings. The molecule has 0 aliphatic carbocycles. The molecule has 2 aliphatic heterocycles. The minimum atomic E-state index is 0.0513. The lowest BCUT2D eigenvalue weighted by Gasteiger charge is -2.15. The van der Waals surface area contributed by atoms with Crippen LogP contribution in [0.2, 0.25) is 0 Å². The maximum atomic E-state index is 12.0. The first-order valence-electron chi connectivity index (χ1n) is 7.43. The minimum absolute atomic E-state index is 0.0513. The van der Waals surface area contributed by atoms with Gasteiger partial charge in [0.2, 0.25) is 0 Å². The molecule has 4 rings (SSSR count). The van der Waals surface area contributed by atoms with Crippen LogP contribution >= 0.6 is 11.3 Å². The fourth-order valence-electron chi connectivity index (χ4n) is 3.06. The molecule has 2 amide bonds. The van der Waals surface area contributed by atoms with E-state index in [0.29, 0.717) is 6.04 Å². The van der Waals surface area contributed by atoms with Gasteiger partial charge in [0.1, 0.15) is 0 Å². The Balaban J connectivity index is 1.47. The number of likely N-dealkylation sites (N-methyl/N-ethyl adjacent to an activating group) is 1. The molecule has 2 aliphatic rings. The average Bonchev–Trinajstić information content (AvgIpc) is 3.25. The van der Waals surface area contributed by atoms with Crippen molar-refractivity contribution in [2.75, 3.05) is 43.0 Å². The summed E-state index contributed by atoms with van der Waals surface area (Å²) < 4.78 is 1.99. The number of hydrogen-bond donors (Lipinski definition) is 0. The fraction of sp³-hybridized carbons (Fsp3) is 0.500. The van der Waals surface area contributed by atoms with Crippen molar-refractivity contribution in [3.8, 4) is 0 Å². The van der Waals surface area contributed by atoms with Crippen molar-refractivity contribution in [2.24, 2.45) is 0 Å². The van der Waals surface area contributed by atoms with Crippen LogP contribution < -0.4 is 9.80 Å². The number of rotatable bonds is 3. The fourth-order valence-corrected chi connectivity index (χ4v) is 3.74. The van der Waals surface area contributed by atoms with Crippen LogP contribution in [0.25, 0.3) is 0 Å². The number of anilines is 2. The molecule has 1 unspecified atom stereocenters. The van der Waals surface area contributed by atoms with Crippen molar-refractivity contribution in [2.45, 2.75) is 12.5 Å². The molecule has 8 heteroatoms. The lowest BCUT2D eigenvalue weighted by molar-refractivity contribution is 0.229. The Morgan fingerprint density at radius 1 is 1.32 bits per heavy atom. The number of carbonyl (C=O) groups is 1. The number of amides is 2. The first-order chi connectivity index (χ1) is 10.7. The summed E-state index contributed by atoms with van der Waals surface area (Å²) in [7, 11) is 1.83. The predicted molar refractivity (Wildman–Crippen MR) is 85.6 cm³/mol. The molecule has 1 atom stereocenters. The van der Waals surface area contributed by atoms with Crippen molar-refractivity contribution >= 4 is 28.2 Å². The standard InChI is InChI=1S/C14H18N6OS/c1-17-5-6-19(14(17)21)12-8-16-20(10-12)11-2-4-18(9-11)13-15-3-7-22-13/h3,7-8,10-11H,2,4-6,9H2,1H3. The number of thiazole rings is 1. The van der Waals surface area contributed by atoms with Crippen molar-refractivity contribution in [1.29, 1.82) is 0 Å². The van der Waals surface area contributed by atoms with E-state index in [0.717, 1.165) is 43.4 Å². The predicted octanol–water partition coefficient (Wildman–Crippen LogP) is 1.66. The number of urea groups is 1. The van der Waals surface area contributed by atoms with Crippen molar-refractivity contribution in [1.82, 2.24) is 19.7 Å². The van der Waals surface area contributed by atoms with E-state index in [1.807, 2.05) is 29.5 Å². The Bertz CT molecular complexity index is 669. The van der Waals surface area contributed by atoms with Gasteiger partial charge in [-0.1, -0.05) is 0 Å². The molecule has 0 radical (unpaired) electrons. The molecule has 22 heavy (non-hydrogen) atoms. The number of hydrogen-bond acceptors (Lipinski definition) is 5. The van der Waals surface area contributed by atoms with Crippen LogP contribution in [-0.4, -0.2) is 58.9 Å². The number of aromatic nitrogens is 3. The van der Waals surface area contributed by atoms with Gasteiger partial charge in [0.05, 0.1) is 17.9 Å². The van der Waals surface area contributed by atoms with Gasteiger partial charge in [-0.25, -0.2) is 9.78 Å². The summed E-state index contributed by atoms with van der Waals surface area (Å²) in [6, 6.07) is 0.392. The van der Waals surface area contributed by atoms with Crippen LogP contribution in [0.4, 0.5) is 15.6 Å². The first-order valence-corrected chi connectivity index (χ1v) is 8.31. The summed E-state index contributed by atoms with van der Waals surface area (Å²) in [5.74, 6) is 0. The van der Waals surface area contributed by atoms with E-state index < -0.39 is 0 Å². The summed E-state index contributed by atoms with van der Waals surface area (Å²) in [6.07, 6.45) is 6.68. The number of nitrogens with zero attached hydrogens (tertiary/aromatic N) is 6. The van der Waals surface area contributed by atoms with Gasteiger partial charge in [-0.05, 0) is 6.42 Å². The first kappa shape index (κ1) is 13.6. The van der Waals surface area contributed by atoms with Gasteiger partial charge in [-0.15, -0.1) is 11.3 Å². The average molecular weight is 318 g/mol. The molecule has 2 fully saturated rings. The van der Waals surface area contributed by atoms with E-state index in [9.17, 15) is 4.79 Å². The molecule has 0 aromatic carbocycles. The van der Waals surface area contributed by atoms with Gasteiger partial charge in [0, 0.05) is 51.0 Å². The molecule has 7 nitrogen and oxygen atoms in total. The van der Waals surface area contributed by atoms with E-state index in [2.05, 4.69) is 15.0 Å². The topological polar surface area (TPSA) is 57.5 Å². The maximum absolute atomic E-state index is 12.0. The van der Waals surface area contributed by atoms with E-state index in [4.69, 9.17) is 0 Å². The second kappa shape index (κ2) is 5.28. The van der Waals surface area contributed by atoms with Gasteiger partial charge in [0.15, 0.2) is 5.13 Å². The Kier molecular flexibility index (Phi) is 3.25. The van der Waals surface area contributed by atoms with Gasteiger partial charge >= 0.3 is 6.03 Å². The highest BCUT2D eigenvalue weighted by atomic mass is 32.1. The van der Waals surface area contributed by atoms with E-state index in [-0.39, 0.29) is 6.03 Å². The zero-order valence-electron chi connectivity index (χ0n) is 12.4. The highest BCUT2D eigenvalue weighted by Gasteiger charge is 2.30. The normalized spacial score (nSPS) is 22.1. The SMILES string of the molecule is CN1CCN(c2cnn(C3CCN(c4nccs4)C3)c2)C1=O. The molecule has 0 spiro atoms. The highest BCUT2D eigenvalue weighted by molar-refractivity contribution is 7.13. The molecule has 0 saturated carbocycles. The van der Waals surface area contributed by atoms with Crippen molar-refractivity contribution in [3.05, 3.63) is 24.0 Å². The van der Waals surface area contributed by atoms with Crippen molar-refractivity contribution in [3.63, 3.8) is 0 Å². The molecule has 0 N–H and O–H groups in total. The minimum Gasteiger partial charge on any atom is -0.346 e. The van der Waals surface area contributed by atoms with E-state index in [1.165, 1.54) is 0 Å². The van der Waals surface area contributed by atoms with Gasteiger partial charge < -0.3 is 9.80 Å². The zero-order valence-corrected chi connectivity index (χ0v) is 13.2. The van der Waals surface area contributed by atoms with Crippen LogP contribution in [0.5, 0.6) is 0 Å². The summed E-state index contributed by atoms with van der Waals surface area (Å²) in [6.45, 7) is 3.42. The lowest BCUT2D eigenvalue weighted by Crippen LogP contribution is -2.28. The maximum Gasteiger partial charge on any atom is 0.324 e. The highest BCUT2D eigenvalue weighted by Crippen LogP contribution is 2.29. The lowest BCUT2D eigenvalue weighted by atomic mass is 10.3. The van der Waals surface area contributed by atoms with Crippen LogP contribution in [0.15, 0.2) is 24.0 Å². The van der Waals surface area contributed by atoms with Crippen molar-refractivity contribution < 1.29 is 4.79 Å². The molecule has 2 aromatic heterocycles. The summed E-state index contributed by atoms with van der Waals surface area (Å²) in [4.78, 5) is 22.2. The van der Waals surface area contributed by atoms with Crippen LogP contribution in [-0.2, 0) is 0 Å².